The summed E-state index contributed by atoms with van der Waals surface area (Å²) < 4.78 is 0. The zero-order valence-corrected chi connectivity index (χ0v) is 12.6. The number of nitrogens with one attached hydrogen (secondary N) is 2. The Kier molecular flexibility index (Phi) is 4.38. The van der Waals surface area contributed by atoms with Crippen molar-refractivity contribution in [2.24, 2.45) is 0 Å². The molecular weight excluding hydrogens is 306 g/mol. The highest BCUT2D eigenvalue weighted by atomic mass is 16.4. The summed E-state index contributed by atoms with van der Waals surface area (Å²) in [5, 5.41) is 14.9. The van der Waals surface area contributed by atoms with Crippen LogP contribution in [0.3, 0.4) is 0 Å². The SMILES string of the molecule is O=C(O)NC(C(=O)Nc1cccc2cccnc12)c1ccccc1. The first kappa shape index (κ1) is 15.5. The van der Waals surface area contributed by atoms with Gasteiger partial charge in [-0.3, -0.25) is 9.78 Å². The van der Waals surface area contributed by atoms with Crippen LogP contribution >= 0.6 is 0 Å². The fourth-order valence-corrected chi connectivity index (χ4v) is 2.48. The van der Waals surface area contributed by atoms with Gasteiger partial charge in [0.2, 0.25) is 0 Å². The number of rotatable bonds is 4. The van der Waals surface area contributed by atoms with E-state index in [4.69, 9.17) is 5.11 Å². The molecule has 2 aromatic carbocycles. The minimum Gasteiger partial charge on any atom is -0.465 e. The highest BCUT2D eigenvalue weighted by molar-refractivity contribution is 6.03. The fourth-order valence-electron chi connectivity index (χ4n) is 2.48. The second kappa shape index (κ2) is 6.78. The third-order valence-electron chi connectivity index (χ3n) is 3.55. The molecule has 0 aliphatic rings. The molecule has 1 atom stereocenters. The summed E-state index contributed by atoms with van der Waals surface area (Å²) >= 11 is 0. The Bertz CT molecular complexity index is 876. The van der Waals surface area contributed by atoms with Gasteiger partial charge in [0.15, 0.2) is 0 Å². The summed E-state index contributed by atoms with van der Waals surface area (Å²) in [5.74, 6) is -0.471. The molecule has 120 valence electrons. The Labute approximate surface area is 138 Å². The number of pyridine rings is 1. The van der Waals surface area contributed by atoms with Crippen LogP contribution in [0.4, 0.5) is 10.5 Å². The molecule has 0 saturated heterocycles. The molecule has 2 amide bonds. The molecule has 0 radical (unpaired) electrons. The number of carbonyl (C=O) groups is 2. The Morgan fingerprint density at radius 3 is 2.46 bits per heavy atom. The van der Waals surface area contributed by atoms with Crippen molar-refractivity contribution in [1.29, 1.82) is 0 Å². The lowest BCUT2D eigenvalue weighted by atomic mass is 10.1. The van der Waals surface area contributed by atoms with E-state index in [1.165, 1.54) is 0 Å². The van der Waals surface area contributed by atoms with Crippen LogP contribution in [-0.2, 0) is 4.79 Å². The molecule has 0 aliphatic heterocycles. The van der Waals surface area contributed by atoms with Crippen LogP contribution in [0.1, 0.15) is 11.6 Å². The van der Waals surface area contributed by atoms with Gasteiger partial charge in [-0.1, -0.05) is 48.5 Å². The van der Waals surface area contributed by atoms with Crippen LogP contribution in [-0.4, -0.2) is 22.1 Å². The maximum Gasteiger partial charge on any atom is 0.405 e. The molecule has 1 unspecified atom stereocenters. The molecule has 6 nitrogen and oxygen atoms in total. The number of hydrogen-bond donors (Lipinski definition) is 3. The van der Waals surface area contributed by atoms with Gasteiger partial charge in [0, 0.05) is 11.6 Å². The number of nitrogens with zero attached hydrogens (tertiary/aromatic N) is 1. The predicted molar refractivity (Wildman–Crippen MR) is 90.7 cm³/mol. The van der Waals surface area contributed by atoms with Crippen molar-refractivity contribution in [3.8, 4) is 0 Å². The highest BCUT2D eigenvalue weighted by Gasteiger charge is 2.23. The summed E-state index contributed by atoms with van der Waals surface area (Å²) in [5.41, 5.74) is 1.74. The molecule has 0 bridgehead atoms. The Balaban J connectivity index is 1.91. The number of benzene rings is 2. The Morgan fingerprint density at radius 2 is 1.71 bits per heavy atom. The van der Waals surface area contributed by atoms with Gasteiger partial charge in [-0.2, -0.15) is 0 Å². The highest BCUT2D eigenvalue weighted by Crippen LogP contribution is 2.22. The number of aromatic nitrogens is 1. The van der Waals surface area contributed by atoms with E-state index in [2.05, 4.69) is 15.6 Å². The van der Waals surface area contributed by atoms with E-state index < -0.39 is 18.0 Å². The number of carboxylic acid groups (broad SMARTS) is 1. The van der Waals surface area contributed by atoms with Gasteiger partial charge in [-0.05, 0) is 17.7 Å². The van der Waals surface area contributed by atoms with Gasteiger partial charge >= 0.3 is 6.09 Å². The van der Waals surface area contributed by atoms with E-state index in [-0.39, 0.29) is 0 Å². The van der Waals surface area contributed by atoms with Gasteiger partial charge in [-0.25, -0.2) is 4.79 Å². The topological polar surface area (TPSA) is 91.3 Å². The molecule has 3 rings (SSSR count). The van der Waals surface area contributed by atoms with E-state index in [1.807, 2.05) is 24.3 Å². The standard InChI is InChI=1S/C18H15N3O3/c22-17(16(21-18(23)24)13-6-2-1-3-7-13)20-14-10-4-8-12-9-5-11-19-15(12)14/h1-11,16,21H,(H,20,22)(H,23,24). The lowest BCUT2D eigenvalue weighted by Gasteiger charge is -2.17. The molecule has 6 heteroatoms. The van der Waals surface area contributed by atoms with E-state index in [0.717, 1.165) is 5.39 Å². The van der Waals surface area contributed by atoms with Gasteiger partial charge in [0.05, 0.1) is 11.2 Å². The summed E-state index contributed by atoms with van der Waals surface area (Å²) in [4.78, 5) is 28.0. The van der Waals surface area contributed by atoms with Crippen LogP contribution in [0.5, 0.6) is 0 Å². The summed E-state index contributed by atoms with van der Waals surface area (Å²) in [6.07, 6.45) is 0.373. The minimum atomic E-state index is -1.27. The van der Waals surface area contributed by atoms with Crippen LogP contribution in [0.15, 0.2) is 66.9 Å². The number of fused-ring (bicyclic) bond motifs is 1. The molecule has 0 saturated carbocycles. The average molecular weight is 321 g/mol. The number of para-hydroxylation sites is 1. The first-order valence-corrected chi connectivity index (χ1v) is 7.34. The number of anilines is 1. The van der Waals surface area contributed by atoms with Gasteiger partial charge in [0.25, 0.3) is 5.91 Å². The zero-order chi connectivity index (χ0) is 16.9. The molecule has 0 spiro atoms. The molecule has 1 aromatic heterocycles. The smallest absolute Gasteiger partial charge is 0.405 e. The van der Waals surface area contributed by atoms with E-state index in [0.29, 0.717) is 16.8 Å². The summed E-state index contributed by atoms with van der Waals surface area (Å²) in [7, 11) is 0. The monoisotopic (exact) mass is 321 g/mol. The zero-order valence-electron chi connectivity index (χ0n) is 12.6. The van der Waals surface area contributed by atoms with E-state index in [1.54, 1.807) is 42.6 Å². The lowest BCUT2D eigenvalue weighted by molar-refractivity contribution is -0.118. The maximum absolute atomic E-state index is 12.6. The van der Waals surface area contributed by atoms with Crippen molar-refractivity contribution in [2.45, 2.75) is 6.04 Å². The maximum atomic E-state index is 12.6. The summed E-state index contributed by atoms with van der Waals surface area (Å²) in [6.45, 7) is 0. The molecule has 1 heterocycles. The van der Waals surface area contributed by atoms with Crippen molar-refractivity contribution >= 4 is 28.6 Å². The average Bonchev–Trinajstić information content (AvgIpc) is 2.60. The Morgan fingerprint density at radius 1 is 0.958 bits per heavy atom. The van der Waals surface area contributed by atoms with Gasteiger partial charge in [0.1, 0.15) is 6.04 Å². The predicted octanol–water partition coefficient (Wildman–Crippen LogP) is 3.18. The first-order chi connectivity index (χ1) is 11.6. The molecule has 3 N–H and O–H groups in total. The van der Waals surface area contributed by atoms with Crippen molar-refractivity contribution in [3.63, 3.8) is 0 Å². The number of amides is 2. The minimum absolute atomic E-state index is 0.471. The molecule has 24 heavy (non-hydrogen) atoms. The van der Waals surface area contributed by atoms with E-state index >= 15 is 0 Å². The molecule has 0 fully saturated rings. The van der Waals surface area contributed by atoms with Crippen molar-refractivity contribution in [2.75, 3.05) is 5.32 Å². The van der Waals surface area contributed by atoms with Crippen LogP contribution in [0.2, 0.25) is 0 Å². The second-order valence-corrected chi connectivity index (χ2v) is 5.16. The molecular formula is C18H15N3O3. The van der Waals surface area contributed by atoms with Crippen molar-refractivity contribution in [3.05, 3.63) is 72.4 Å². The quantitative estimate of drug-likeness (QED) is 0.688. The van der Waals surface area contributed by atoms with Gasteiger partial charge < -0.3 is 15.7 Å². The third kappa shape index (κ3) is 3.33. The molecule has 0 aliphatic carbocycles. The fraction of sp³-hybridized carbons (Fsp3) is 0.0556. The number of carbonyl (C=O) groups excluding carboxylic acids is 1. The first-order valence-electron chi connectivity index (χ1n) is 7.34. The molecule has 3 aromatic rings. The van der Waals surface area contributed by atoms with Crippen LogP contribution < -0.4 is 10.6 Å². The van der Waals surface area contributed by atoms with Crippen LogP contribution in [0.25, 0.3) is 10.9 Å². The lowest BCUT2D eigenvalue weighted by Crippen LogP contribution is -2.36. The third-order valence-corrected chi connectivity index (χ3v) is 3.55. The normalized spacial score (nSPS) is 11.7. The Hall–Kier alpha value is -3.41. The van der Waals surface area contributed by atoms with Crippen molar-refractivity contribution < 1.29 is 14.7 Å². The van der Waals surface area contributed by atoms with Crippen LogP contribution in [0, 0.1) is 0 Å². The second-order valence-electron chi connectivity index (χ2n) is 5.16. The van der Waals surface area contributed by atoms with E-state index in [9.17, 15) is 9.59 Å². The van der Waals surface area contributed by atoms with Crippen molar-refractivity contribution in [1.82, 2.24) is 10.3 Å². The van der Waals surface area contributed by atoms with Gasteiger partial charge in [-0.15, -0.1) is 0 Å². The summed E-state index contributed by atoms with van der Waals surface area (Å²) in [6, 6.07) is 16.8. The largest absolute Gasteiger partial charge is 0.465 e. The number of hydrogen-bond acceptors (Lipinski definition) is 3.